The minimum Gasteiger partial charge on any atom is -0.480 e. The molecule has 0 N–H and O–H groups in total. The van der Waals surface area contributed by atoms with Crippen molar-refractivity contribution in [1.82, 2.24) is 24.9 Å². The third-order valence-corrected chi connectivity index (χ3v) is 4.99. The van der Waals surface area contributed by atoms with E-state index in [4.69, 9.17) is 14.2 Å². The molecule has 0 bridgehead atoms. The highest BCUT2D eigenvalue weighted by atomic mass is 19.3. The topological polar surface area (TPSA) is 105 Å². The van der Waals surface area contributed by atoms with Crippen molar-refractivity contribution in [1.29, 1.82) is 0 Å². The Morgan fingerprint density at radius 2 is 1.89 bits per heavy atom. The second-order valence-electron chi connectivity index (χ2n) is 7.39. The van der Waals surface area contributed by atoms with Crippen molar-refractivity contribution in [3.63, 3.8) is 0 Å². The van der Waals surface area contributed by atoms with Crippen molar-refractivity contribution in [2.24, 2.45) is 0 Å². The van der Waals surface area contributed by atoms with Crippen LogP contribution < -0.4 is 23.8 Å². The number of ether oxygens (including phenoxy) is 4. The molecule has 4 heterocycles. The Kier molecular flexibility index (Phi) is 6.71. The van der Waals surface area contributed by atoms with Crippen LogP contribution >= 0.6 is 0 Å². The molecule has 0 saturated carbocycles. The first-order valence-electron chi connectivity index (χ1n) is 10.2. The number of nitrogens with zero attached hydrogens (tertiary/aromatic N) is 6. The fraction of sp³-hybridized carbons (Fsp3) is 0.381. The summed E-state index contributed by atoms with van der Waals surface area (Å²) in [6, 6.07) is 3.79. The molecule has 1 saturated heterocycles. The zero-order valence-corrected chi connectivity index (χ0v) is 18.8. The van der Waals surface area contributed by atoms with Crippen LogP contribution in [0.4, 0.5) is 23.4 Å². The van der Waals surface area contributed by atoms with Crippen molar-refractivity contribution < 1.29 is 36.5 Å². The van der Waals surface area contributed by atoms with Crippen LogP contribution in [-0.4, -0.2) is 70.9 Å². The molecule has 4 rings (SSSR count). The SMILES string of the molecule is COc1ncc(-c2cc(N3C[C@H](Oc4cc(OC(F)F)ccn4)C(F)(F)C3)nc(C)n2)c(OC)n1. The Bertz CT molecular complexity index is 1200. The molecule has 0 aliphatic carbocycles. The maximum absolute atomic E-state index is 14.8. The highest BCUT2D eigenvalue weighted by Crippen LogP contribution is 2.35. The smallest absolute Gasteiger partial charge is 0.387 e. The molecule has 1 aliphatic heterocycles. The van der Waals surface area contributed by atoms with E-state index in [1.807, 2.05) is 0 Å². The van der Waals surface area contributed by atoms with Crippen LogP contribution in [0.15, 0.2) is 30.6 Å². The molecule has 0 radical (unpaired) electrons. The number of pyridine rings is 1. The lowest BCUT2D eigenvalue weighted by Crippen LogP contribution is -2.36. The summed E-state index contributed by atoms with van der Waals surface area (Å²) in [5, 5.41) is 0. The van der Waals surface area contributed by atoms with E-state index < -0.39 is 25.2 Å². The molecule has 0 aromatic carbocycles. The monoisotopic (exact) mass is 496 g/mol. The fourth-order valence-corrected chi connectivity index (χ4v) is 3.46. The fourth-order valence-electron chi connectivity index (χ4n) is 3.46. The summed E-state index contributed by atoms with van der Waals surface area (Å²) in [4.78, 5) is 22.0. The quantitative estimate of drug-likeness (QED) is 0.432. The van der Waals surface area contributed by atoms with E-state index >= 15 is 0 Å². The van der Waals surface area contributed by atoms with Crippen LogP contribution in [-0.2, 0) is 0 Å². The van der Waals surface area contributed by atoms with Crippen LogP contribution in [0, 0.1) is 6.92 Å². The molecule has 1 fully saturated rings. The van der Waals surface area contributed by atoms with Crippen LogP contribution in [0.5, 0.6) is 23.5 Å². The Balaban J connectivity index is 1.58. The molecule has 10 nitrogen and oxygen atoms in total. The summed E-state index contributed by atoms with van der Waals surface area (Å²) < 4.78 is 74.4. The van der Waals surface area contributed by atoms with Crippen molar-refractivity contribution in [3.8, 4) is 34.8 Å². The van der Waals surface area contributed by atoms with Gasteiger partial charge in [0, 0.05) is 24.5 Å². The zero-order valence-electron chi connectivity index (χ0n) is 18.8. The molecule has 1 atom stereocenters. The Morgan fingerprint density at radius 1 is 1.09 bits per heavy atom. The van der Waals surface area contributed by atoms with Gasteiger partial charge in [0.05, 0.1) is 38.6 Å². The molecule has 0 unspecified atom stereocenters. The highest BCUT2D eigenvalue weighted by Gasteiger charge is 2.50. The van der Waals surface area contributed by atoms with Gasteiger partial charge in [-0.3, -0.25) is 0 Å². The molecule has 3 aromatic heterocycles. The second-order valence-corrected chi connectivity index (χ2v) is 7.39. The first kappa shape index (κ1) is 24.2. The Morgan fingerprint density at radius 3 is 2.60 bits per heavy atom. The van der Waals surface area contributed by atoms with Gasteiger partial charge in [-0.1, -0.05) is 0 Å². The molecule has 0 spiro atoms. The van der Waals surface area contributed by atoms with Gasteiger partial charge in [-0.05, 0) is 13.0 Å². The van der Waals surface area contributed by atoms with Gasteiger partial charge in [-0.2, -0.15) is 13.8 Å². The number of aromatic nitrogens is 5. The molecule has 3 aromatic rings. The van der Waals surface area contributed by atoms with E-state index in [1.54, 1.807) is 6.92 Å². The molecule has 1 aliphatic rings. The Hall–Kier alpha value is -3.97. The normalized spacial score (nSPS) is 16.9. The zero-order chi connectivity index (χ0) is 25.2. The van der Waals surface area contributed by atoms with E-state index in [0.717, 1.165) is 12.3 Å². The third kappa shape index (κ3) is 5.41. The summed E-state index contributed by atoms with van der Waals surface area (Å²) in [5.74, 6) is -3.09. The van der Waals surface area contributed by atoms with Crippen LogP contribution in [0.25, 0.3) is 11.3 Å². The number of aryl methyl sites for hydroxylation is 1. The predicted molar refractivity (Wildman–Crippen MR) is 113 cm³/mol. The summed E-state index contributed by atoms with van der Waals surface area (Å²) in [6.07, 6.45) is 0.956. The minimum absolute atomic E-state index is 0.0902. The maximum atomic E-state index is 14.8. The van der Waals surface area contributed by atoms with E-state index in [9.17, 15) is 17.6 Å². The number of halogens is 4. The predicted octanol–water partition coefficient (Wildman–Crippen LogP) is 3.16. The summed E-state index contributed by atoms with van der Waals surface area (Å²) >= 11 is 0. The van der Waals surface area contributed by atoms with E-state index in [-0.39, 0.29) is 35.9 Å². The minimum atomic E-state index is -3.29. The number of methoxy groups -OCH3 is 2. The first-order chi connectivity index (χ1) is 16.7. The maximum Gasteiger partial charge on any atom is 0.387 e. The summed E-state index contributed by atoms with van der Waals surface area (Å²) in [5.41, 5.74) is 0.775. The number of anilines is 1. The average molecular weight is 496 g/mol. The van der Waals surface area contributed by atoms with Crippen molar-refractivity contribution in [2.45, 2.75) is 25.6 Å². The van der Waals surface area contributed by atoms with Crippen LogP contribution in [0.1, 0.15) is 5.82 Å². The third-order valence-electron chi connectivity index (χ3n) is 4.99. The molecule has 0 amide bonds. The summed E-state index contributed by atoms with van der Waals surface area (Å²) in [7, 11) is 2.82. The number of rotatable bonds is 8. The van der Waals surface area contributed by atoms with Gasteiger partial charge in [0.15, 0.2) is 6.10 Å². The van der Waals surface area contributed by atoms with Gasteiger partial charge in [0.2, 0.25) is 11.8 Å². The molecule has 14 heteroatoms. The molecular formula is C21H20F4N6O4. The van der Waals surface area contributed by atoms with Crippen molar-refractivity contribution in [2.75, 3.05) is 32.2 Å². The lowest BCUT2D eigenvalue weighted by molar-refractivity contribution is -0.0623. The van der Waals surface area contributed by atoms with E-state index in [0.29, 0.717) is 17.1 Å². The van der Waals surface area contributed by atoms with Gasteiger partial charge in [-0.15, -0.1) is 0 Å². The molecule has 186 valence electrons. The van der Waals surface area contributed by atoms with Crippen LogP contribution in [0.3, 0.4) is 0 Å². The van der Waals surface area contributed by atoms with Gasteiger partial charge >= 0.3 is 18.5 Å². The standard InChI is InChI=1S/C21H20F4N6O4/c1-11-28-14(13-8-27-20(33-3)30-18(13)32-2)7-16(29-11)31-9-15(21(24,25)10-31)35-17-6-12(4-5-26-17)34-19(22)23/h4-8,15,19H,9-10H2,1-3H3/t15-/m0/s1. The average Bonchev–Trinajstić information content (AvgIpc) is 3.12. The number of alkyl halides is 4. The van der Waals surface area contributed by atoms with Crippen molar-refractivity contribution in [3.05, 3.63) is 36.4 Å². The van der Waals surface area contributed by atoms with Gasteiger partial charge in [0.1, 0.15) is 17.4 Å². The van der Waals surface area contributed by atoms with Crippen molar-refractivity contribution >= 4 is 5.82 Å². The van der Waals surface area contributed by atoms with Gasteiger partial charge < -0.3 is 23.8 Å². The lowest BCUT2D eigenvalue weighted by atomic mass is 10.2. The largest absolute Gasteiger partial charge is 0.480 e. The molecule has 35 heavy (non-hydrogen) atoms. The second kappa shape index (κ2) is 9.72. The molecular weight excluding hydrogens is 476 g/mol. The summed E-state index contributed by atoms with van der Waals surface area (Å²) in [6.45, 7) is -2.40. The highest BCUT2D eigenvalue weighted by molar-refractivity contribution is 5.67. The first-order valence-corrected chi connectivity index (χ1v) is 10.2. The number of hydrogen-bond donors (Lipinski definition) is 0. The lowest BCUT2D eigenvalue weighted by Gasteiger charge is -2.18. The van der Waals surface area contributed by atoms with E-state index in [2.05, 4.69) is 29.7 Å². The number of hydrogen-bond acceptors (Lipinski definition) is 10. The van der Waals surface area contributed by atoms with E-state index in [1.165, 1.54) is 37.4 Å². The van der Waals surface area contributed by atoms with Gasteiger partial charge in [0.25, 0.3) is 0 Å². The van der Waals surface area contributed by atoms with Gasteiger partial charge in [-0.25, -0.2) is 28.7 Å². The van der Waals surface area contributed by atoms with Crippen LogP contribution in [0.2, 0.25) is 0 Å². The Labute approximate surface area is 196 Å².